The fraction of sp³-hybridized carbons (Fsp3) is 0.429. The van der Waals surface area contributed by atoms with E-state index in [4.69, 9.17) is 15.3 Å². The van der Waals surface area contributed by atoms with Crippen molar-refractivity contribution >= 4 is 11.0 Å². The number of aliphatic hydroxyl groups excluding tert-OH is 1. The number of furan rings is 1. The summed E-state index contributed by atoms with van der Waals surface area (Å²) in [6.45, 7) is 1.63. The largest absolute Gasteiger partial charge is 0.464 e. The molecule has 0 aliphatic carbocycles. The zero-order chi connectivity index (χ0) is 13.0. The van der Waals surface area contributed by atoms with Crippen molar-refractivity contribution in [2.75, 3.05) is 26.7 Å². The van der Waals surface area contributed by atoms with E-state index >= 15 is 0 Å². The van der Waals surface area contributed by atoms with Gasteiger partial charge in [0.05, 0.1) is 12.9 Å². The first kappa shape index (κ1) is 13.1. The topological polar surface area (TPSA) is 62.6 Å². The van der Waals surface area contributed by atoms with Gasteiger partial charge in [0, 0.05) is 24.5 Å². The van der Waals surface area contributed by atoms with Gasteiger partial charge in [-0.2, -0.15) is 0 Å². The Labute approximate surface area is 107 Å². The Balaban J connectivity index is 1.94. The van der Waals surface area contributed by atoms with Gasteiger partial charge in [0.2, 0.25) is 0 Å². The minimum absolute atomic E-state index is 0.0268. The first-order chi connectivity index (χ1) is 8.70. The summed E-state index contributed by atoms with van der Waals surface area (Å²) in [6.07, 6.45) is 2.75. The van der Waals surface area contributed by atoms with E-state index in [1.807, 2.05) is 31.5 Å². The molecule has 2 aromatic rings. The van der Waals surface area contributed by atoms with Gasteiger partial charge in [-0.3, -0.25) is 0 Å². The number of hydrogen-bond acceptors (Lipinski definition) is 4. The van der Waals surface area contributed by atoms with Crippen LogP contribution < -0.4 is 5.73 Å². The summed E-state index contributed by atoms with van der Waals surface area (Å²) in [5, 5.41) is 10.1. The molecule has 0 spiro atoms. The number of rotatable bonds is 6. The molecule has 0 bridgehead atoms. The van der Waals surface area contributed by atoms with Crippen molar-refractivity contribution in [2.24, 2.45) is 5.73 Å². The number of nitrogens with two attached hydrogens (primary N) is 1. The van der Waals surface area contributed by atoms with Crippen LogP contribution in [0.3, 0.4) is 0 Å². The number of hydrogen-bond donors (Lipinski definition) is 2. The fourth-order valence-electron chi connectivity index (χ4n) is 2.09. The SMILES string of the molecule is CN(CCc1coc2ccccc12)CC(N)CO. The lowest BCUT2D eigenvalue weighted by molar-refractivity contribution is 0.223. The lowest BCUT2D eigenvalue weighted by atomic mass is 10.1. The fourth-order valence-corrected chi connectivity index (χ4v) is 2.09. The number of nitrogens with zero attached hydrogens (tertiary/aromatic N) is 1. The summed E-state index contributed by atoms with van der Waals surface area (Å²) in [5.41, 5.74) is 7.85. The van der Waals surface area contributed by atoms with Gasteiger partial charge in [-0.15, -0.1) is 0 Å². The van der Waals surface area contributed by atoms with E-state index in [0.717, 1.165) is 18.5 Å². The predicted octanol–water partition coefficient (Wildman–Crippen LogP) is 1.23. The van der Waals surface area contributed by atoms with Gasteiger partial charge in [0.25, 0.3) is 0 Å². The van der Waals surface area contributed by atoms with Crippen LogP contribution in [0.2, 0.25) is 0 Å². The molecule has 1 aromatic heterocycles. The summed E-state index contributed by atoms with van der Waals surface area (Å²) >= 11 is 0. The number of benzene rings is 1. The molecule has 0 amide bonds. The molecule has 18 heavy (non-hydrogen) atoms. The molecular weight excluding hydrogens is 228 g/mol. The smallest absolute Gasteiger partial charge is 0.134 e. The summed E-state index contributed by atoms with van der Waals surface area (Å²) in [4.78, 5) is 2.13. The molecule has 98 valence electrons. The third-order valence-corrected chi connectivity index (χ3v) is 3.10. The second-order valence-electron chi connectivity index (χ2n) is 4.71. The van der Waals surface area contributed by atoms with Crippen LogP contribution in [0, 0.1) is 0 Å². The van der Waals surface area contributed by atoms with E-state index < -0.39 is 0 Å². The maximum atomic E-state index is 8.91. The predicted molar refractivity (Wildman–Crippen MR) is 72.5 cm³/mol. The third-order valence-electron chi connectivity index (χ3n) is 3.10. The monoisotopic (exact) mass is 248 g/mol. The highest BCUT2D eigenvalue weighted by atomic mass is 16.3. The van der Waals surface area contributed by atoms with Gasteiger partial charge in [-0.1, -0.05) is 18.2 Å². The molecule has 0 radical (unpaired) electrons. The van der Waals surface area contributed by atoms with E-state index in [1.54, 1.807) is 0 Å². The highest BCUT2D eigenvalue weighted by Crippen LogP contribution is 2.21. The second-order valence-corrected chi connectivity index (χ2v) is 4.71. The lowest BCUT2D eigenvalue weighted by Crippen LogP contribution is -2.38. The molecule has 1 unspecified atom stereocenters. The molecular formula is C14H20N2O2. The molecule has 2 rings (SSSR count). The van der Waals surface area contributed by atoms with Crippen LogP contribution in [0.25, 0.3) is 11.0 Å². The van der Waals surface area contributed by atoms with Crippen molar-refractivity contribution in [3.63, 3.8) is 0 Å². The Hall–Kier alpha value is -1.36. The average Bonchev–Trinajstić information content (AvgIpc) is 2.79. The van der Waals surface area contributed by atoms with Crippen molar-refractivity contribution in [1.82, 2.24) is 4.90 Å². The third kappa shape index (κ3) is 3.10. The molecule has 0 fully saturated rings. The molecule has 1 aromatic carbocycles. The normalized spacial score (nSPS) is 13.3. The summed E-state index contributed by atoms with van der Waals surface area (Å²) in [5.74, 6) is 0. The lowest BCUT2D eigenvalue weighted by Gasteiger charge is -2.19. The Kier molecular flexibility index (Phi) is 4.36. The molecule has 4 heteroatoms. The minimum atomic E-state index is -0.170. The Morgan fingerprint density at radius 1 is 1.39 bits per heavy atom. The summed E-state index contributed by atoms with van der Waals surface area (Å²) in [7, 11) is 2.01. The number of aliphatic hydroxyl groups is 1. The van der Waals surface area contributed by atoms with Crippen molar-refractivity contribution in [3.05, 3.63) is 36.1 Å². The zero-order valence-electron chi connectivity index (χ0n) is 10.7. The number of fused-ring (bicyclic) bond motifs is 1. The standard InChI is InChI=1S/C14H20N2O2/c1-16(8-12(15)9-17)7-6-11-10-18-14-5-3-2-4-13(11)14/h2-5,10,12,17H,6-9,15H2,1H3. The van der Waals surface area contributed by atoms with E-state index in [0.29, 0.717) is 6.54 Å². The van der Waals surface area contributed by atoms with Crippen LogP contribution in [0.4, 0.5) is 0 Å². The van der Waals surface area contributed by atoms with Crippen LogP contribution in [-0.2, 0) is 6.42 Å². The second kappa shape index (κ2) is 6.00. The van der Waals surface area contributed by atoms with Crippen molar-refractivity contribution < 1.29 is 9.52 Å². The van der Waals surface area contributed by atoms with Gasteiger partial charge < -0.3 is 20.2 Å². The zero-order valence-corrected chi connectivity index (χ0v) is 10.7. The molecule has 0 aliphatic heterocycles. The van der Waals surface area contributed by atoms with Crippen molar-refractivity contribution in [2.45, 2.75) is 12.5 Å². The van der Waals surface area contributed by atoms with Crippen LogP contribution in [0.15, 0.2) is 34.9 Å². The maximum Gasteiger partial charge on any atom is 0.134 e. The van der Waals surface area contributed by atoms with Gasteiger partial charge >= 0.3 is 0 Å². The van der Waals surface area contributed by atoms with Crippen molar-refractivity contribution in [3.8, 4) is 0 Å². The average molecular weight is 248 g/mol. The molecule has 1 heterocycles. The molecule has 3 N–H and O–H groups in total. The summed E-state index contributed by atoms with van der Waals surface area (Å²) < 4.78 is 5.50. The summed E-state index contributed by atoms with van der Waals surface area (Å²) in [6, 6.07) is 7.88. The minimum Gasteiger partial charge on any atom is -0.464 e. The van der Waals surface area contributed by atoms with Gasteiger partial charge in [0.15, 0.2) is 0 Å². The van der Waals surface area contributed by atoms with Crippen molar-refractivity contribution in [1.29, 1.82) is 0 Å². The van der Waals surface area contributed by atoms with Gasteiger partial charge in [-0.25, -0.2) is 0 Å². The molecule has 0 saturated carbocycles. The number of likely N-dealkylation sites (N-methyl/N-ethyl adjacent to an activating group) is 1. The van der Waals surface area contributed by atoms with E-state index in [9.17, 15) is 0 Å². The van der Waals surface area contributed by atoms with Crippen LogP contribution in [0.1, 0.15) is 5.56 Å². The first-order valence-corrected chi connectivity index (χ1v) is 6.21. The Morgan fingerprint density at radius 3 is 2.94 bits per heavy atom. The quantitative estimate of drug-likeness (QED) is 0.807. The molecule has 0 saturated heterocycles. The highest BCUT2D eigenvalue weighted by molar-refractivity contribution is 5.80. The van der Waals surface area contributed by atoms with E-state index in [1.165, 1.54) is 10.9 Å². The van der Waals surface area contributed by atoms with Crippen LogP contribution >= 0.6 is 0 Å². The van der Waals surface area contributed by atoms with Gasteiger partial charge in [0.1, 0.15) is 5.58 Å². The Morgan fingerprint density at radius 2 is 2.17 bits per heavy atom. The van der Waals surface area contributed by atoms with Gasteiger partial charge in [-0.05, 0) is 25.1 Å². The van der Waals surface area contributed by atoms with E-state index in [2.05, 4.69) is 11.0 Å². The molecule has 4 nitrogen and oxygen atoms in total. The number of para-hydroxylation sites is 1. The van der Waals surface area contributed by atoms with Crippen LogP contribution in [-0.4, -0.2) is 42.8 Å². The molecule has 1 atom stereocenters. The highest BCUT2D eigenvalue weighted by Gasteiger charge is 2.08. The Bertz CT molecular complexity index is 495. The van der Waals surface area contributed by atoms with E-state index in [-0.39, 0.29) is 12.6 Å². The van der Waals surface area contributed by atoms with Crippen LogP contribution in [0.5, 0.6) is 0 Å². The first-order valence-electron chi connectivity index (χ1n) is 6.21. The maximum absolute atomic E-state index is 8.91. The molecule has 0 aliphatic rings.